The Kier molecular flexibility index (Phi) is 9.02. The molecule has 0 saturated heterocycles. The summed E-state index contributed by atoms with van der Waals surface area (Å²) in [6.45, 7) is 6.09. The number of halogens is 1. The molecule has 0 spiro atoms. The highest BCUT2D eigenvalue weighted by atomic mass is 19.1. The van der Waals surface area contributed by atoms with Gasteiger partial charge in [0.25, 0.3) is 0 Å². The van der Waals surface area contributed by atoms with E-state index < -0.39 is 17.7 Å². The van der Waals surface area contributed by atoms with Gasteiger partial charge in [-0.15, -0.1) is 0 Å². The van der Waals surface area contributed by atoms with Crippen LogP contribution >= 0.6 is 0 Å². The monoisotopic (exact) mass is 418 g/mol. The second-order valence-corrected chi connectivity index (χ2v) is 7.42. The number of nitrogens with one attached hydrogen (secondary N) is 1. The number of esters is 1. The fourth-order valence-electron chi connectivity index (χ4n) is 3.64. The number of nitrogens with zero attached hydrogens (tertiary/aromatic N) is 1. The number of carbonyl (C=O) groups is 3. The lowest BCUT2D eigenvalue weighted by Gasteiger charge is -2.34. The smallest absolute Gasteiger partial charge is 0.336 e. The second-order valence-electron chi connectivity index (χ2n) is 7.42. The molecular weight excluding hydrogens is 387 g/mol. The Labute approximate surface area is 177 Å². The maximum Gasteiger partial charge on any atom is 0.336 e. The van der Waals surface area contributed by atoms with Gasteiger partial charge in [-0.05, 0) is 38.0 Å². The molecule has 2 rings (SSSR count). The standard InChI is InChI=1S/C23H31FN2O4/c1-4-6-7-8-13-25-20(27)15-26-16(3)22(23(29)30-5-2)19(14-21(26)28)17-9-11-18(24)12-10-17/h9-12,19H,4-8,13-15H2,1-3H3,(H,25,27)/t19-/m1/s1. The number of carbonyl (C=O) groups excluding carboxylic acids is 3. The van der Waals surface area contributed by atoms with E-state index in [0.717, 1.165) is 25.7 Å². The predicted molar refractivity (Wildman–Crippen MR) is 112 cm³/mol. The lowest BCUT2D eigenvalue weighted by molar-refractivity contribution is -0.141. The number of allylic oxidation sites excluding steroid dienone is 1. The number of hydrogen-bond donors (Lipinski definition) is 1. The Bertz CT molecular complexity index is 789. The maximum atomic E-state index is 13.3. The summed E-state index contributed by atoms with van der Waals surface area (Å²) in [5, 5.41) is 2.84. The molecule has 1 aromatic carbocycles. The molecule has 1 heterocycles. The van der Waals surface area contributed by atoms with Crippen molar-refractivity contribution in [2.24, 2.45) is 0 Å². The molecule has 7 heteroatoms. The van der Waals surface area contributed by atoms with E-state index in [4.69, 9.17) is 4.74 Å². The summed E-state index contributed by atoms with van der Waals surface area (Å²) in [6.07, 6.45) is 4.19. The minimum Gasteiger partial charge on any atom is -0.463 e. The summed E-state index contributed by atoms with van der Waals surface area (Å²) in [6, 6.07) is 5.74. The fourth-order valence-corrected chi connectivity index (χ4v) is 3.64. The van der Waals surface area contributed by atoms with Crippen molar-refractivity contribution >= 4 is 17.8 Å². The van der Waals surface area contributed by atoms with Gasteiger partial charge in [0, 0.05) is 24.6 Å². The van der Waals surface area contributed by atoms with Gasteiger partial charge in [0.2, 0.25) is 11.8 Å². The lowest BCUT2D eigenvalue weighted by Crippen LogP contribution is -2.44. The van der Waals surface area contributed by atoms with Gasteiger partial charge in [-0.1, -0.05) is 38.3 Å². The van der Waals surface area contributed by atoms with Crippen LogP contribution in [0.2, 0.25) is 0 Å². The zero-order valence-corrected chi connectivity index (χ0v) is 18.0. The molecule has 30 heavy (non-hydrogen) atoms. The highest BCUT2D eigenvalue weighted by Crippen LogP contribution is 2.37. The Morgan fingerprint density at radius 1 is 1.17 bits per heavy atom. The third-order valence-corrected chi connectivity index (χ3v) is 5.24. The molecule has 0 aliphatic carbocycles. The fraction of sp³-hybridized carbons (Fsp3) is 0.522. The van der Waals surface area contributed by atoms with Crippen LogP contribution in [0.4, 0.5) is 4.39 Å². The Morgan fingerprint density at radius 2 is 1.87 bits per heavy atom. The van der Waals surface area contributed by atoms with E-state index in [9.17, 15) is 18.8 Å². The molecule has 0 radical (unpaired) electrons. The minimum atomic E-state index is -0.537. The Hall–Kier alpha value is -2.70. The first kappa shape index (κ1) is 23.6. The molecule has 1 aliphatic rings. The molecule has 6 nitrogen and oxygen atoms in total. The van der Waals surface area contributed by atoms with Crippen molar-refractivity contribution in [2.75, 3.05) is 19.7 Å². The normalized spacial score (nSPS) is 16.6. The van der Waals surface area contributed by atoms with E-state index in [2.05, 4.69) is 12.2 Å². The molecule has 0 aromatic heterocycles. The van der Waals surface area contributed by atoms with Crippen LogP contribution in [0.25, 0.3) is 0 Å². The summed E-state index contributed by atoms with van der Waals surface area (Å²) < 4.78 is 18.5. The van der Waals surface area contributed by atoms with Crippen molar-refractivity contribution in [3.8, 4) is 0 Å². The van der Waals surface area contributed by atoms with Gasteiger partial charge in [0.15, 0.2) is 0 Å². The summed E-state index contributed by atoms with van der Waals surface area (Å²) in [7, 11) is 0. The summed E-state index contributed by atoms with van der Waals surface area (Å²) in [5.41, 5.74) is 1.39. The third-order valence-electron chi connectivity index (χ3n) is 5.24. The zero-order chi connectivity index (χ0) is 22.1. The molecule has 0 fully saturated rings. The van der Waals surface area contributed by atoms with Crippen LogP contribution in [-0.2, 0) is 19.1 Å². The number of amides is 2. The topological polar surface area (TPSA) is 75.7 Å². The van der Waals surface area contributed by atoms with Crippen molar-refractivity contribution in [3.05, 3.63) is 46.9 Å². The van der Waals surface area contributed by atoms with Gasteiger partial charge in [0.05, 0.1) is 12.2 Å². The molecule has 1 atom stereocenters. The van der Waals surface area contributed by atoms with E-state index in [0.29, 0.717) is 23.4 Å². The summed E-state index contributed by atoms with van der Waals surface area (Å²) in [5.74, 6) is -1.97. The van der Waals surface area contributed by atoms with E-state index >= 15 is 0 Å². The number of hydrogen-bond acceptors (Lipinski definition) is 4. The van der Waals surface area contributed by atoms with Crippen LogP contribution < -0.4 is 5.32 Å². The van der Waals surface area contributed by atoms with Gasteiger partial charge in [-0.2, -0.15) is 0 Å². The highest BCUT2D eigenvalue weighted by Gasteiger charge is 2.37. The molecule has 0 saturated carbocycles. The Balaban J connectivity index is 2.21. The molecule has 1 aromatic rings. The zero-order valence-electron chi connectivity index (χ0n) is 18.0. The molecule has 1 aliphatic heterocycles. The van der Waals surface area contributed by atoms with Crippen LogP contribution in [0, 0.1) is 5.82 Å². The largest absolute Gasteiger partial charge is 0.463 e. The number of ether oxygens (including phenoxy) is 1. The summed E-state index contributed by atoms with van der Waals surface area (Å²) >= 11 is 0. The van der Waals surface area contributed by atoms with E-state index in [1.807, 2.05) is 0 Å². The molecular formula is C23H31FN2O4. The van der Waals surface area contributed by atoms with Crippen molar-refractivity contribution in [1.29, 1.82) is 0 Å². The molecule has 0 bridgehead atoms. The highest BCUT2D eigenvalue weighted by molar-refractivity contribution is 5.97. The number of unbranched alkanes of at least 4 members (excludes halogenated alkanes) is 3. The molecule has 164 valence electrons. The SMILES string of the molecule is CCCCCCNC(=O)CN1C(=O)C[C@H](c2ccc(F)cc2)C(C(=O)OCC)=C1C. The van der Waals surface area contributed by atoms with Gasteiger partial charge < -0.3 is 15.0 Å². The predicted octanol–water partition coefficient (Wildman–Crippen LogP) is 3.68. The third kappa shape index (κ3) is 6.15. The van der Waals surface area contributed by atoms with E-state index in [1.165, 1.54) is 17.0 Å². The van der Waals surface area contributed by atoms with Crippen molar-refractivity contribution in [1.82, 2.24) is 10.2 Å². The van der Waals surface area contributed by atoms with E-state index in [-0.39, 0.29) is 31.4 Å². The van der Waals surface area contributed by atoms with Gasteiger partial charge in [0.1, 0.15) is 12.4 Å². The average Bonchev–Trinajstić information content (AvgIpc) is 2.71. The maximum absolute atomic E-state index is 13.3. The molecule has 1 N–H and O–H groups in total. The number of benzene rings is 1. The Morgan fingerprint density at radius 3 is 2.50 bits per heavy atom. The first-order valence-corrected chi connectivity index (χ1v) is 10.6. The number of rotatable bonds is 10. The molecule has 2 amide bonds. The first-order chi connectivity index (χ1) is 14.4. The van der Waals surface area contributed by atoms with Crippen LogP contribution in [0.1, 0.15) is 64.4 Å². The lowest BCUT2D eigenvalue weighted by atomic mass is 9.83. The van der Waals surface area contributed by atoms with Crippen LogP contribution in [0.5, 0.6) is 0 Å². The summed E-state index contributed by atoms with van der Waals surface area (Å²) in [4.78, 5) is 39.2. The van der Waals surface area contributed by atoms with Gasteiger partial charge >= 0.3 is 5.97 Å². The average molecular weight is 419 g/mol. The van der Waals surface area contributed by atoms with Crippen LogP contribution in [0.15, 0.2) is 35.5 Å². The van der Waals surface area contributed by atoms with Crippen molar-refractivity contribution in [2.45, 2.75) is 58.8 Å². The van der Waals surface area contributed by atoms with Crippen molar-refractivity contribution in [3.63, 3.8) is 0 Å². The minimum absolute atomic E-state index is 0.0148. The van der Waals surface area contributed by atoms with Crippen LogP contribution in [-0.4, -0.2) is 42.4 Å². The van der Waals surface area contributed by atoms with Gasteiger partial charge in [-0.25, -0.2) is 9.18 Å². The van der Waals surface area contributed by atoms with E-state index in [1.54, 1.807) is 26.0 Å². The second kappa shape index (κ2) is 11.5. The molecule has 0 unspecified atom stereocenters. The van der Waals surface area contributed by atoms with Crippen molar-refractivity contribution < 1.29 is 23.5 Å². The first-order valence-electron chi connectivity index (χ1n) is 10.6. The van der Waals surface area contributed by atoms with Gasteiger partial charge in [-0.3, -0.25) is 9.59 Å². The van der Waals surface area contributed by atoms with Crippen LogP contribution in [0.3, 0.4) is 0 Å². The quantitative estimate of drug-likeness (QED) is 0.465.